The zero-order chi connectivity index (χ0) is 13.4. The van der Waals surface area contributed by atoms with Gasteiger partial charge in [-0.3, -0.25) is 0 Å². The van der Waals surface area contributed by atoms with Crippen LogP contribution in [-0.2, 0) is 0 Å². The minimum atomic E-state index is -0.262. The van der Waals surface area contributed by atoms with Gasteiger partial charge in [0, 0.05) is 9.35 Å². The second-order valence-corrected chi connectivity index (χ2v) is 6.75. The molecule has 0 fully saturated rings. The quantitative estimate of drug-likeness (QED) is 0.880. The van der Waals surface area contributed by atoms with Gasteiger partial charge in [0.05, 0.1) is 6.04 Å². The fourth-order valence-electron chi connectivity index (χ4n) is 1.92. The lowest BCUT2D eigenvalue weighted by molar-refractivity contribution is 0.0729. The number of ether oxygens (including phenoxy) is 2. The van der Waals surface area contributed by atoms with Crippen LogP contribution in [0.5, 0.6) is 11.5 Å². The van der Waals surface area contributed by atoms with Crippen molar-refractivity contribution in [3.05, 3.63) is 44.0 Å². The summed E-state index contributed by atoms with van der Waals surface area (Å²) in [6, 6.07) is 9.26. The first kappa shape index (κ1) is 13.2. The largest absolute Gasteiger partial charge is 0.486 e. The van der Waals surface area contributed by atoms with Crippen LogP contribution in [0.15, 0.2) is 34.8 Å². The number of hydrogen-bond acceptors (Lipinski definition) is 4. The van der Waals surface area contributed by atoms with Crippen molar-refractivity contribution in [2.75, 3.05) is 6.61 Å². The van der Waals surface area contributed by atoms with Crippen LogP contribution in [0.1, 0.15) is 10.9 Å². The van der Waals surface area contributed by atoms with E-state index in [0.717, 1.165) is 20.8 Å². The van der Waals surface area contributed by atoms with Crippen LogP contribution in [0.2, 0.25) is 4.34 Å². The number of thiophene rings is 1. The molecule has 0 amide bonds. The Morgan fingerprint density at radius 3 is 2.79 bits per heavy atom. The van der Waals surface area contributed by atoms with Crippen molar-refractivity contribution in [2.24, 2.45) is 5.73 Å². The molecule has 0 aliphatic carbocycles. The topological polar surface area (TPSA) is 44.5 Å². The molecule has 100 valence electrons. The number of fused-ring (bicyclic) bond motifs is 1. The molecule has 2 N–H and O–H groups in total. The first-order valence-electron chi connectivity index (χ1n) is 5.74. The Balaban J connectivity index is 1.81. The molecule has 0 saturated heterocycles. The molecule has 2 heterocycles. The van der Waals surface area contributed by atoms with E-state index >= 15 is 0 Å². The molecule has 2 unspecified atom stereocenters. The summed E-state index contributed by atoms with van der Waals surface area (Å²) in [5.74, 6) is 1.49. The molecule has 1 aromatic heterocycles. The SMILES string of the molecule is NC(c1cc(Br)c(Cl)s1)C1COc2ccccc2O1. The summed E-state index contributed by atoms with van der Waals surface area (Å²) in [5, 5.41) is 0. The molecular weight excluding hydrogens is 350 g/mol. The van der Waals surface area contributed by atoms with Crippen molar-refractivity contribution in [1.29, 1.82) is 0 Å². The van der Waals surface area contributed by atoms with E-state index in [1.807, 2.05) is 30.3 Å². The van der Waals surface area contributed by atoms with Crippen molar-refractivity contribution < 1.29 is 9.47 Å². The van der Waals surface area contributed by atoms with Crippen LogP contribution < -0.4 is 15.2 Å². The summed E-state index contributed by atoms with van der Waals surface area (Å²) in [6.45, 7) is 0.436. The third-order valence-electron chi connectivity index (χ3n) is 2.92. The summed E-state index contributed by atoms with van der Waals surface area (Å²) in [4.78, 5) is 0.977. The number of halogens is 2. The van der Waals surface area contributed by atoms with Gasteiger partial charge in [-0.1, -0.05) is 23.7 Å². The molecule has 2 aromatic rings. The van der Waals surface area contributed by atoms with Crippen LogP contribution >= 0.6 is 38.9 Å². The summed E-state index contributed by atoms with van der Waals surface area (Å²) >= 11 is 10.9. The number of nitrogens with two attached hydrogens (primary N) is 1. The predicted molar refractivity (Wildman–Crippen MR) is 80.3 cm³/mol. The minimum Gasteiger partial charge on any atom is -0.486 e. The van der Waals surface area contributed by atoms with Gasteiger partial charge in [0.15, 0.2) is 17.6 Å². The lowest BCUT2D eigenvalue weighted by Crippen LogP contribution is -2.38. The first-order chi connectivity index (χ1) is 9.15. The number of benzene rings is 1. The Hall–Kier alpha value is -0.750. The molecule has 6 heteroatoms. The van der Waals surface area contributed by atoms with Crippen molar-refractivity contribution in [3.8, 4) is 11.5 Å². The van der Waals surface area contributed by atoms with Crippen molar-refractivity contribution in [3.63, 3.8) is 0 Å². The molecule has 0 spiro atoms. The van der Waals surface area contributed by atoms with Crippen LogP contribution in [0.4, 0.5) is 0 Å². The van der Waals surface area contributed by atoms with Gasteiger partial charge in [-0.15, -0.1) is 11.3 Å². The van der Waals surface area contributed by atoms with Gasteiger partial charge in [-0.25, -0.2) is 0 Å². The maximum atomic E-state index is 6.24. The Labute approximate surface area is 128 Å². The smallest absolute Gasteiger partial charge is 0.161 e. The van der Waals surface area contributed by atoms with Crippen molar-refractivity contribution in [1.82, 2.24) is 0 Å². The molecule has 3 rings (SSSR count). The second kappa shape index (κ2) is 5.32. The van der Waals surface area contributed by atoms with Crippen molar-refractivity contribution >= 4 is 38.9 Å². The average molecular weight is 361 g/mol. The monoisotopic (exact) mass is 359 g/mol. The fourth-order valence-corrected chi connectivity index (χ4v) is 3.71. The molecule has 19 heavy (non-hydrogen) atoms. The van der Waals surface area contributed by atoms with E-state index in [4.69, 9.17) is 26.8 Å². The molecule has 0 radical (unpaired) electrons. The highest BCUT2D eigenvalue weighted by molar-refractivity contribution is 9.10. The van der Waals surface area contributed by atoms with Crippen LogP contribution in [0, 0.1) is 0 Å². The van der Waals surface area contributed by atoms with E-state index in [9.17, 15) is 0 Å². The molecular formula is C13H11BrClNO2S. The van der Waals surface area contributed by atoms with Crippen molar-refractivity contribution in [2.45, 2.75) is 12.1 Å². The number of hydrogen-bond donors (Lipinski definition) is 1. The molecule has 1 aliphatic rings. The summed E-state index contributed by atoms with van der Waals surface area (Å²) in [5.41, 5.74) is 6.24. The maximum Gasteiger partial charge on any atom is 0.161 e. The third-order valence-corrected chi connectivity index (χ3v) is 5.50. The molecule has 2 atom stereocenters. The van der Waals surface area contributed by atoms with E-state index in [0.29, 0.717) is 10.9 Å². The Bertz CT molecular complexity index is 585. The van der Waals surface area contributed by atoms with Gasteiger partial charge in [0.2, 0.25) is 0 Å². The molecule has 3 nitrogen and oxygen atoms in total. The summed E-state index contributed by atoms with van der Waals surface area (Å²) in [7, 11) is 0. The van der Waals surface area contributed by atoms with E-state index < -0.39 is 0 Å². The molecule has 0 saturated carbocycles. The summed E-state index contributed by atoms with van der Waals surface area (Å²) in [6.07, 6.45) is -0.212. The maximum absolute atomic E-state index is 6.24. The van der Waals surface area contributed by atoms with E-state index in [1.165, 1.54) is 11.3 Å². The lowest BCUT2D eigenvalue weighted by Gasteiger charge is -2.29. The minimum absolute atomic E-state index is 0.212. The van der Waals surface area contributed by atoms with Gasteiger partial charge in [0.1, 0.15) is 10.9 Å². The van der Waals surface area contributed by atoms with Gasteiger partial charge >= 0.3 is 0 Å². The highest BCUT2D eigenvalue weighted by Crippen LogP contribution is 2.38. The Kier molecular flexibility index (Phi) is 3.71. The first-order valence-corrected chi connectivity index (χ1v) is 7.72. The predicted octanol–water partition coefficient (Wildman–Crippen LogP) is 4.00. The molecule has 0 bridgehead atoms. The normalized spacial score (nSPS) is 19.2. The lowest BCUT2D eigenvalue weighted by atomic mass is 10.1. The van der Waals surface area contributed by atoms with E-state index in [-0.39, 0.29) is 12.1 Å². The average Bonchev–Trinajstić information content (AvgIpc) is 2.77. The van der Waals surface area contributed by atoms with Crippen LogP contribution in [-0.4, -0.2) is 12.7 Å². The standard InChI is InChI=1S/C13H11BrClNO2S/c14-7-5-11(19-13(7)15)12(16)10-6-17-8-3-1-2-4-9(8)18-10/h1-5,10,12H,6,16H2. The Morgan fingerprint density at radius 1 is 1.37 bits per heavy atom. The second-order valence-electron chi connectivity index (χ2n) is 4.21. The fraction of sp³-hybridized carbons (Fsp3) is 0.231. The van der Waals surface area contributed by atoms with Gasteiger partial charge in [0.25, 0.3) is 0 Å². The number of rotatable bonds is 2. The van der Waals surface area contributed by atoms with Gasteiger partial charge in [-0.2, -0.15) is 0 Å². The van der Waals surface area contributed by atoms with E-state index in [1.54, 1.807) is 0 Å². The highest BCUT2D eigenvalue weighted by Gasteiger charge is 2.28. The highest BCUT2D eigenvalue weighted by atomic mass is 79.9. The summed E-state index contributed by atoms with van der Waals surface area (Å²) < 4.78 is 13.1. The van der Waals surface area contributed by atoms with Crippen LogP contribution in [0.25, 0.3) is 0 Å². The zero-order valence-electron chi connectivity index (χ0n) is 9.81. The zero-order valence-corrected chi connectivity index (χ0v) is 13.0. The molecule has 1 aromatic carbocycles. The third kappa shape index (κ3) is 2.60. The Morgan fingerprint density at radius 2 is 2.11 bits per heavy atom. The van der Waals surface area contributed by atoms with Gasteiger partial charge < -0.3 is 15.2 Å². The van der Waals surface area contributed by atoms with Crippen LogP contribution in [0.3, 0.4) is 0 Å². The molecule has 1 aliphatic heterocycles. The van der Waals surface area contributed by atoms with Gasteiger partial charge in [-0.05, 0) is 34.1 Å². The number of para-hydroxylation sites is 2. The van der Waals surface area contributed by atoms with E-state index in [2.05, 4.69) is 15.9 Å².